The predicted octanol–water partition coefficient (Wildman–Crippen LogP) is 2.80. The third kappa shape index (κ3) is 4.26. The number of urea groups is 1. The van der Waals surface area contributed by atoms with Gasteiger partial charge in [0.05, 0.1) is 12.6 Å². The quantitative estimate of drug-likeness (QED) is 0.776. The molecule has 2 aliphatic heterocycles. The first-order chi connectivity index (χ1) is 14.0. The summed E-state index contributed by atoms with van der Waals surface area (Å²) < 4.78 is 2.15. The molecule has 3 aliphatic rings. The van der Waals surface area contributed by atoms with Gasteiger partial charge in [0.15, 0.2) is 11.6 Å². The van der Waals surface area contributed by atoms with Crippen LogP contribution in [-0.2, 0) is 17.9 Å². The average Bonchev–Trinajstić information content (AvgIpc) is 3.40. The summed E-state index contributed by atoms with van der Waals surface area (Å²) in [5, 5.41) is 8.89. The van der Waals surface area contributed by atoms with E-state index in [4.69, 9.17) is 0 Å². The highest BCUT2D eigenvalue weighted by Gasteiger charge is 2.35. The molecule has 8 heteroatoms. The lowest BCUT2D eigenvalue weighted by Crippen LogP contribution is -2.45. The standard InChI is InChI=1S/C21H34N6O2/c1-24(2)21(29)26-12-6-5-9-17(26)20-23-22-18-15-25(13-14-27(18)20)19(28)11-10-16-7-3-4-8-16/h16-17H,3-15H2,1-2H3. The van der Waals surface area contributed by atoms with Crippen molar-refractivity contribution in [3.63, 3.8) is 0 Å². The Hall–Kier alpha value is -2.12. The summed E-state index contributed by atoms with van der Waals surface area (Å²) in [7, 11) is 3.59. The van der Waals surface area contributed by atoms with Gasteiger partial charge in [-0.05, 0) is 31.6 Å². The topological polar surface area (TPSA) is 74.6 Å². The predicted molar refractivity (Wildman–Crippen MR) is 109 cm³/mol. The van der Waals surface area contributed by atoms with Crippen molar-refractivity contribution in [2.75, 3.05) is 27.2 Å². The first-order valence-corrected chi connectivity index (χ1v) is 11.2. The zero-order valence-corrected chi connectivity index (χ0v) is 17.8. The van der Waals surface area contributed by atoms with Crippen LogP contribution < -0.4 is 0 Å². The highest BCUT2D eigenvalue weighted by Crippen LogP contribution is 2.32. The maximum Gasteiger partial charge on any atom is 0.320 e. The van der Waals surface area contributed by atoms with Crippen LogP contribution in [0.5, 0.6) is 0 Å². The fourth-order valence-corrected chi connectivity index (χ4v) is 5.11. The van der Waals surface area contributed by atoms with E-state index in [1.165, 1.54) is 25.7 Å². The van der Waals surface area contributed by atoms with E-state index in [0.29, 0.717) is 26.1 Å². The van der Waals surface area contributed by atoms with Gasteiger partial charge in [0.25, 0.3) is 0 Å². The van der Waals surface area contributed by atoms with Gasteiger partial charge in [0.2, 0.25) is 5.91 Å². The van der Waals surface area contributed by atoms with Crippen molar-refractivity contribution in [3.8, 4) is 0 Å². The first-order valence-electron chi connectivity index (χ1n) is 11.2. The number of fused-ring (bicyclic) bond motifs is 1. The second-order valence-corrected chi connectivity index (χ2v) is 9.01. The van der Waals surface area contributed by atoms with Crippen molar-refractivity contribution in [1.29, 1.82) is 0 Å². The van der Waals surface area contributed by atoms with E-state index in [0.717, 1.165) is 49.8 Å². The van der Waals surface area contributed by atoms with Crippen LogP contribution in [0.1, 0.15) is 75.5 Å². The van der Waals surface area contributed by atoms with E-state index < -0.39 is 0 Å². The second-order valence-electron chi connectivity index (χ2n) is 9.01. The summed E-state index contributed by atoms with van der Waals surface area (Å²) in [6.07, 6.45) is 9.93. The minimum absolute atomic E-state index is 0.0236. The molecule has 0 N–H and O–H groups in total. The molecule has 160 valence electrons. The van der Waals surface area contributed by atoms with Gasteiger partial charge in [-0.25, -0.2) is 4.79 Å². The van der Waals surface area contributed by atoms with Crippen LogP contribution in [0.3, 0.4) is 0 Å². The van der Waals surface area contributed by atoms with Gasteiger partial charge in [-0.15, -0.1) is 10.2 Å². The summed E-state index contributed by atoms with van der Waals surface area (Å²) in [6.45, 7) is 2.71. The Morgan fingerprint density at radius 1 is 1.00 bits per heavy atom. The lowest BCUT2D eigenvalue weighted by Gasteiger charge is -2.37. The molecular formula is C21H34N6O2. The molecule has 0 radical (unpaired) electrons. The number of nitrogens with zero attached hydrogens (tertiary/aromatic N) is 6. The lowest BCUT2D eigenvalue weighted by molar-refractivity contribution is -0.133. The molecule has 1 aliphatic carbocycles. The molecule has 1 unspecified atom stereocenters. The van der Waals surface area contributed by atoms with Crippen molar-refractivity contribution in [2.45, 2.75) is 76.9 Å². The summed E-state index contributed by atoms with van der Waals surface area (Å²) in [4.78, 5) is 30.8. The number of amides is 3. The van der Waals surface area contributed by atoms with Crippen LogP contribution in [-0.4, -0.2) is 68.6 Å². The number of likely N-dealkylation sites (tertiary alicyclic amines) is 1. The van der Waals surface area contributed by atoms with E-state index in [9.17, 15) is 9.59 Å². The van der Waals surface area contributed by atoms with Gasteiger partial charge in [-0.1, -0.05) is 25.7 Å². The molecular weight excluding hydrogens is 368 g/mol. The van der Waals surface area contributed by atoms with Crippen LogP contribution in [0, 0.1) is 5.92 Å². The largest absolute Gasteiger partial charge is 0.333 e. The number of aromatic nitrogens is 3. The van der Waals surface area contributed by atoms with Crippen molar-refractivity contribution in [1.82, 2.24) is 29.5 Å². The normalized spacial score (nSPS) is 22.6. The van der Waals surface area contributed by atoms with Crippen LogP contribution in [0.25, 0.3) is 0 Å². The van der Waals surface area contributed by atoms with Crippen molar-refractivity contribution >= 4 is 11.9 Å². The van der Waals surface area contributed by atoms with Crippen LogP contribution in [0.15, 0.2) is 0 Å². The summed E-state index contributed by atoms with van der Waals surface area (Å²) >= 11 is 0. The van der Waals surface area contributed by atoms with Crippen molar-refractivity contribution in [2.24, 2.45) is 5.92 Å². The zero-order chi connectivity index (χ0) is 20.4. The van der Waals surface area contributed by atoms with Gasteiger partial charge in [0.1, 0.15) is 0 Å². The fraction of sp³-hybridized carbons (Fsp3) is 0.810. The Balaban J connectivity index is 1.42. The molecule has 4 rings (SSSR count). The molecule has 0 spiro atoms. The number of hydrogen-bond donors (Lipinski definition) is 0. The smallest absolute Gasteiger partial charge is 0.320 e. The molecule has 29 heavy (non-hydrogen) atoms. The first kappa shape index (κ1) is 20.2. The second kappa shape index (κ2) is 8.71. The fourth-order valence-electron chi connectivity index (χ4n) is 5.11. The van der Waals surface area contributed by atoms with Crippen molar-refractivity contribution in [3.05, 3.63) is 11.6 Å². The molecule has 1 saturated heterocycles. The third-order valence-corrected chi connectivity index (χ3v) is 6.80. The molecule has 1 aromatic heterocycles. The SMILES string of the molecule is CN(C)C(=O)N1CCCCC1c1nnc2n1CCN(C(=O)CCC1CCCC1)C2. The maximum atomic E-state index is 12.7. The number of carbonyl (C=O) groups is 2. The monoisotopic (exact) mass is 402 g/mol. The molecule has 1 aromatic rings. The molecule has 3 amide bonds. The Labute approximate surface area is 173 Å². The number of rotatable bonds is 4. The van der Waals surface area contributed by atoms with Crippen molar-refractivity contribution < 1.29 is 9.59 Å². The highest BCUT2D eigenvalue weighted by molar-refractivity contribution is 5.76. The molecule has 0 bridgehead atoms. The number of carbonyl (C=O) groups excluding carboxylic acids is 2. The minimum atomic E-state index is -0.0236. The van der Waals surface area contributed by atoms with E-state index in [1.807, 2.05) is 9.80 Å². The lowest BCUT2D eigenvalue weighted by atomic mass is 10.0. The molecule has 1 saturated carbocycles. The number of piperidine rings is 1. The molecule has 3 heterocycles. The van der Waals surface area contributed by atoms with Gasteiger partial charge in [-0.2, -0.15) is 0 Å². The van der Waals surface area contributed by atoms with Crippen LogP contribution in [0.2, 0.25) is 0 Å². The van der Waals surface area contributed by atoms with Gasteiger partial charge < -0.3 is 19.3 Å². The molecule has 2 fully saturated rings. The van der Waals surface area contributed by atoms with E-state index in [-0.39, 0.29) is 18.0 Å². The Bertz CT molecular complexity index is 740. The molecule has 8 nitrogen and oxygen atoms in total. The third-order valence-electron chi connectivity index (χ3n) is 6.80. The highest BCUT2D eigenvalue weighted by atomic mass is 16.2. The minimum Gasteiger partial charge on any atom is -0.333 e. The van der Waals surface area contributed by atoms with Gasteiger partial charge in [-0.3, -0.25) is 4.79 Å². The zero-order valence-electron chi connectivity index (χ0n) is 17.8. The van der Waals surface area contributed by atoms with E-state index in [1.54, 1.807) is 19.0 Å². The van der Waals surface area contributed by atoms with Gasteiger partial charge >= 0.3 is 6.03 Å². The summed E-state index contributed by atoms with van der Waals surface area (Å²) in [5.74, 6) is 2.72. The van der Waals surface area contributed by atoms with Gasteiger partial charge in [0, 0.05) is 40.2 Å². The maximum absolute atomic E-state index is 12.7. The number of hydrogen-bond acceptors (Lipinski definition) is 4. The van der Waals surface area contributed by atoms with E-state index in [2.05, 4.69) is 14.8 Å². The molecule has 0 aromatic carbocycles. The Morgan fingerprint density at radius 2 is 1.76 bits per heavy atom. The Morgan fingerprint density at radius 3 is 2.52 bits per heavy atom. The average molecular weight is 403 g/mol. The van der Waals surface area contributed by atoms with Crippen LogP contribution >= 0.6 is 0 Å². The summed E-state index contributed by atoms with van der Waals surface area (Å²) in [5.41, 5.74) is 0. The summed E-state index contributed by atoms with van der Waals surface area (Å²) in [6, 6.07) is 0.0103. The van der Waals surface area contributed by atoms with Crippen LogP contribution in [0.4, 0.5) is 4.79 Å². The van der Waals surface area contributed by atoms with E-state index >= 15 is 0 Å². The Kier molecular flexibility index (Phi) is 6.06. The molecule has 1 atom stereocenters.